The molecular weight excluding hydrogens is 753 g/mol. The number of hydrogen-bond acceptors (Lipinski definition) is 7. The molecule has 55 heavy (non-hydrogen) atoms. The topological polar surface area (TPSA) is 31.6 Å². The van der Waals surface area contributed by atoms with E-state index in [4.69, 9.17) is 13.9 Å². The van der Waals surface area contributed by atoms with Crippen molar-refractivity contribution in [3.05, 3.63) is 160 Å². The number of benzene rings is 3. The van der Waals surface area contributed by atoms with Crippen LogP contribution in [0.1, 0.15) is 63.0 Å². The van der Waals surface area contributed by atoms with E-state index in [0.29, 0.717) is 13.2 Å². The van der Waals surface area contributed by atoms with Crippen LogP contribution >= 0.6 is 45.3 Å². The van der Waals surface area contributed by atoms with Crippen LogP contribution in [-0.4, -0.2) is 13.2 Å². The van der Waals surface area contributed by atoms with E-state index in [0.717, 1.165) is 23.0 Å². The van der Waals surface area contributed by atoms with E-state index < -0.39 is 0 Å². The highest BCUT2D eigenvalue weighted by atomic mass is 32.1. The van der Waals surface area contributed by atoms with Gasteiger partial charge in [-0.05, 0) is 130 Å². The second kappa shape index (κ2) is 21.2. The average Bonchev–Trinajstić information content (AvgIpc) is 3.95. The van der Waals surface area contributed by atoms with E-state index in [9.17, 15) is 0 Å². The summed E-state index contributed by atoms with van der Waals surface area (Å²) in [5.41, 5.74) is 5.31. The van der Waals surface area contributed by atoms with E-state index in [2.05, 4.69) is 154 Å². The maximum Gasteiger partial charge on any atom is 0.175 e. The van der Waals surface area contributed by atoms with Gasteiger partial charge in [-0.1, -0.05) is 82.9 Å². The Morgan fingerprint density at radius 2 is 0.745 bits per heavy atom. The van der Waals surface area contributed by atoms with Gasteiger partial charge in [-0.3, -0.25) is 0 Å². The third-order valence-corrected chi connectivity index (χ3v) is 12.3. The van der Waals surface area contributed by atoms with Gasteiger partial charge < -0.3 is 13.9 Å². The van der Waals surface area contributed by atoms with Crippen molar-refractivity contribution in [3.63, 3.8) is 0 Å². The SMILES string of the molecule is Cc1cc2sc(C)cc2s1.Cc1ccc(C)cc1.Cc1ccc(C)o1.Cc1ccc(C)s1.Cc1ccc2cc(C)ccc2c1.Cc1sc(C)c2c1OCCO2. The lowest BCUT2D eigenvalue weighted by Crippen LogP contribution is -2.14. The van der Waals surface area contributed by atoms with Gasteiger partial charge in [-0.15, -0.1) is 45.3 Å². The molecule has 6 heterocycles. The molecule has 7 heteroatoms. The third kappa shape index (κ3) is 14.5. The summed E-state index contributed by atoms with van der Waals surface area (Å²) in [5.74, 6) is 3.88. The van der Waals surface area contributed by atoms with Crippen LogP contribution < -0.4 is 9.47 Å². The average molecular weight is 809 g/mol. The van der Waals surface area contributed by atoms with Crippen molar-refractivity contribution in [2.45, 2.75) is 83.1 Å². The quantitative estimate of drug-likeness (QED) is 0.153. The van der Waals surface area contributed by atoms with Crippen molar-refractivity contribution >= 4 is 65.5 Å². The first-order chi connectivity index (χ1) is 26.2. The molecule has 1 aliphatic heterocycles. The Morgan fingerprint density at radius 3 is 1.07 bits per heavy atom. The molecule has 1 aliphatic rings. The van der Waals surface area contributed by atoms with Crippen LogP contribution in [0.2, 0.25) is 0 Å². The van der Waals surface area contributed by atoms with E-state index in [1.54, 1.807) is 11.3 Å². The second-order valence-corrected chi connectivity index (χ2v) is 19.3. The zero-order valence-corrected chi connectivity index (χ0v) is 37.8. The molecule has 0 saturated heterocycles. The lowest BCUT2D eigenvalue weighted by molar-refractivity contribution is 0.171. The maximum absolute atomic E-state index is 5.46. The molecule has 5 aromatic heterocycles. The molecule has 3 aromatic carbocycles. The first-order valence-corrected chi connectivity index (χ1v) is 21.8. The molecular formula is C48H56O3S4. The van der Waals surface area contributed by atoms with E-state index in [1.807, 2.05) is 60.0 Å². The zero-order chi connectivity index (χ0) is 40.1. The molecule has 0 aliphatic carbocycles. The third-order valence-electron chi connectivity index (χ3n) is 8.30. The molecule has 0 radical (unpaired) electrons. The molecule has 0 spiro atoms. The van der Waals surface area contributed by atoms with Gasteiger partial charge in [0.15, 0.2) is 11.5 Å². The molecule has 0 unspecified atom stereocenters. The first kappa shape index (κ1) is 43.6. The minimum Gasteiger partial charge on any atom is -0.485 e. The first-order valence-electron chi connectivity index (χ1n) is 18.6. The summed E-state index contributed by atoms with van der Waals surface area (Å²) in [5, 5.41) is 2.67. The molecule has 0 saturated carbocycles. The summed E-state index contributed by atoms with van der Waals surface area (Å²) in [6, 6.07) is 34.3. The van der Waals surface area contributed by atoms with E-state index >= 15 is 0 Å². The van der Waals surface area contributed by atoms with Gasteiger partial charge in [-0.25, -0.2) is 0 Å². The van der Waals surface area contributed by atoms with Crippen LogP contribution in [0.25, 0.3) is 20.2 Å². The fraction of sp³-hybridized carbons (Fsp3) is 0.292. The fourth-order valence-corrected chi connectivity index (χ4v) is 9.54. The van der Waals surface area contributed by atoms with E-state index in [-0.39, 0.29) is 0 Å². The molecule has 8 aromatic rings. The summed E-state index contributed by atoms with van der Waals surface area (Å²) in [4.78, 5) is 8.08. The number of hydrogen-bond donors (Lipinski definition) is 0. The lowest BCUT2D eigenvalue weighted by atomic mass is 10.1. The minimum absolute atomic E-state index is 0.685. The largest absolute Gasteiger partial charge is 0.485 e. The van der Waals surface area contributed by atoms with Gasteiger partial charge in [0.2, 0.25) is 0 Å². The van der Waals surface area contributed by atoms with Crippen molar-refractivity contribution in [1.82, 2.24) is 0 Å². The highest BCUT2D eigenvalue weighted by Gasteiger charge is 2.19. The van der Waals surface area contributed by atoms with Gasteiger partial charge in [-0.2, -0.15) is 0 Å². The standard InChI is InChI=1S/C12H12.C8H10O2S.C8H8S2.C8H10.C6H8O.C6H8S/c1-9-3-5-12-8-10(2)4-6-11(12)7-9;1-5-7-8(6(2)11-5)10-4-3-9-7;1-5-3-7-8(9-5)4-6(2)10-7;1-7-3-5-8(2)6-4-7;2*1-5-3-4-6(2)7-5/h3-8H,1-2H3;3-4H2,1-2H3;3-4H,1-2H3;3-6H,1-2H3;2*3-4H,1-2H3. The summed E-state index contributed by atoms with van der Waals surface area (Å²) >= 11 is 7.34. The van der Waals surface area contributed by atoms with Crippen molar-refractivity contribution in [3.8, 4) is 11.5 Å². The van der Waals surface area contributed by atoms with Crippen LogP contribution in [0.4, 0.5) is 0 Å². The number of thiophene rings is 4. The van der Waals surface area contributed by atoms with E-state index in [1.165, 1.54) is 71.7 Å². The lowest BCUT2D eigenvalue weighted by Gasteiger charge is -2.15. The number of rotatable bonds is 0. The van der Waals surface area contributed by atoms with Crippen molar-refractivity contribution < 1.29 is 13.9 Å². The van der Waals surface area contributed by atoms with Gasteiger partial charge in [0.1, 0.15) is 24.7 Å². The van der Waals surface area contributed by atoms with Gasteiger partial charge in [0, 0.05) is 38.7 Å². The molecule has 3 nitrogen and oxygen atoms in total. The Bertz CT molecular complexity index is 2140. The van der Waals surface area contributed by atoms with Crippen molar-refractivity contribution in [2.24, 2.45) is 0 Å². The minimum atomic E-state index is 0.685. The normalized spacial score (nSPS) is 11.1. The van der Waals surface area contributed by atoms with Gasteiger partial charge in [0.05, 0.1) is 0 Å². The fourth-order valence-electron chi connectivity index (χ4n) is 5.58. The number of fused-ring (bicyclic) bond motifs is 3. The zero-order valence-electron chi connectivity index (χ0n) is 34.5. The highest BCUT2D eigenvalue weighted by molar-refractivity contribution is 7.27. The molecule has 0 amide bonds. The highest BCUT2D eigenvalue weighted by Crippen LogP contribution is 2.42. The number of ether oxygens (including phenoxy) is 2. The summed E-state index contributed by atoms with van der Waals surface area (Å²) in [6.45, 7) is 26.4. The second-order valence-electron chi connectivity index (χ2n) is 13.8. The van der Waals surface area contributed by atoms with Crippen LogP contribution in [0, 0.1) is 83.1 Å². The number of furan rings is 1. The monoisotopic (exact) mass is 808 g/mol. The predicted molar refractivity (Wildman–Crippen MR) is 245 cm³/mol. The molecule has 0 N–H and O–H groups in total. The van der Waals surface area contributed by atoms with Gasteiger partial charge in [0.25, 0.3) is 0 Å². The molecule has 0 fully saturated rings. The van der Waals surface area contributed by atoms with Crippen LogP contribution in [0.3, 0.4) is 0 Å². The Hall–Kier alpha value is -4.14. The predicted octanol–water partition coefficient (Wildman–Crippen LogP) is 15.7. The van der Waals surface area contributed by atoms with Crippen molar-refractivity contribution in [1.29, 1.82) is 0 Å². The Labute approximate surface area is 345 Å². The maximum atomic E-state index is 5.46. The molecule has 0 atom stereocenters. The van der Waals surface area contributed by atoms with Crippen molar-refractivity contribution in [2.75, 3.05) is 13.2 Å². The Kier molecular flexibility index (Phi) is 16.8. The molecule has 0 bridgehead atoms. The molecule has 9 rings (SSSR count). The Morgan fingerprint density at radius 1 is 0.364 bits per heavy atom. The van der Waals surface area contributed by atoms with Crippen LogP contribution in [-0.2, 0) is 0 Å². The summed E-state index contributed by atoms with van der Waals surface area (Å²) < 4.78 is 18.9. The Balaban J connectivity index is 0.000000149. The summed E-state index contributed by atoms with van der Waals surface area (Å²) in [6.07, 6.45) is 0. The van der Waals surface area contributed by atoms with Gasteiger partial charge >= 0.3 is 0 Å². The molecule has 290 valence electrons. The number of aryl methyl sites for hydroxylation is 12. The summed E-state index contributed by atoms with van der Waals surface area (Å²) in [7, 11) is 0. The van der Waals surface area contributed by atoms with Crippen LogP contribution in [0.5, 0.6) is 11.5 Å². The smallest absolute Gasteiger partial charge is 0.175 e. The van der Waals surface area contributed by atoms with Crippen LogP contribution in [0.15, 0.2) is 101 Å².